The Bertz CT molecular complexity index is 920. The van der Waals surface area contributed by atoms with Gasteiger partial charge in [-0.25, -0.2) is 4.79 Å². The van der Waals surface area contributed by atoms with Crippen molar-refractivity contribution in [1.29, 1.82) is 0 Å². The Hall–Kier alpha value is -3.35. The predicted octanol–water partition coefficient (Wildman–Crippen LogP) is 3.80. The van der Waals surface area contributed by atoms with Gasteiger partial charge < -0.3 is 20.1 Å². The van der Waals surface area contributed by atoms with Gasteiger partial charge in [0.2, 0.25) is 0 Å². The largest absolute Gasteiger partial charge is 0.494 e. The van der Waals surface area contributed by atoms with Crippen LogP contribution in [-0.4, -0.2) is 37.0 Å². The lowest BCUT2D eigenvalue weighted by atomic mass is 10.1. The molecule has 31 heavy (non-hydrogen) atoms. The number of anilines is 1. The Morgan fingerprint density at radius 3 is 2.42 bits per heavy atom. The van der Waals surface area contributed by atoms with Crippen LogP contribution in [0.5, 0.6) is 5.75 Å². The summed E-state index contributed by atoms with van der Waals surface area (Å²) in [5.74, 6) is -0.126. The minimum absolute atomic E-state index is 0.212. The highest BCUT2D eigenvalue weighted by molar-refractivity contribution is 6.04. The number of ether oxygens (including phenoxy) is 2. The van der Waals surface area contributed by atoms with Gasteiger partial charge in [0.05, 0.1) is 23.4 Å². The van der Waals surface area contributed by atoms with Crippen LogP contribution < -0.4 is 15.4 Å². The third kappa shape index (κ3) is 7.13. The van der Waals surface area contributed by atoms with Crippen molar-refractivity contribution in [2.24, 2.45) is 5.92 Å². The van der Waals surface area contributed by atoms with Crippen molar-refractivity contribution >= 4 is 23.5 Å². The summed E-state index contributed by atoms with van der Waals surface area (Å²) in [6, 6.07) is 13.5. The van der Waals surface area contributed by atoms with Gasteiger partial charge in [0.1, 0.15) is 5.75 Å². The first-order chi connectivity index (χ1) is 14.9. The van der Waals surface area contributed by atoms with Gasteiger partial charge >= 0.3 is 5.97 Å². The number of carbonyl (C=O) groups is 3. The van der Waals surface area contributed by atoms with E-state index in [9.17, 15) is 14.4 Å². The molecule has 2 aromatic rings. The molecule has 7 nitrogen and oxygen atoms in total. The van der Waals surface area contributed by atoms with Crippen LogP contribution in [0.2, 0.25) is 0 Å². The zero-order valence-corrected chi connectivity index (χ0v) is 17.9. The molecule has 1 aliphatic carbocycles. The first-order valence-electron chi connectivity index (χ1n) is 10.5. The molecule has 0 atom stereocenters. The standard InChI is InChI=1S/C24H28N2O5/c1-16(2)13-14-30-19-11-7-17(8-12-19)24(29)31-15-22(27)26-21-6-4-3-5-20(21)23(28)25-18-9-10-18/h3-8,11-12,16,18H,9-10,13-15H2,1-2H3,(H,25,28)(H,26,27). The van der Waals surface area contributed by atoms with E-state index in [0.29, 0.717) is 35.1 Å². The van der Waals surface area contributed by atoms with Crippen molar-refractivity contribution < 1.29 is 23.9 Å². The number of hydrogen-bond acceptors (Lipinski definition) is 5. The SMILES string of the molecule is CC(C)CCOc1ccc(C(=O)OCC(=O)Nc2ccccc2C(=O)NC2CC2)cc1. The Labute approximate surface area is 182 Å². The zero-order chi connectivity index (χ0) is 22.2. The number of rotatable bonds is 10. The molecule has 0 radical (unpaired) electrons. The highest BCUT2D eigenvalue weighted by atomic mass is 16.5. The van der Waals surface area contributed by atoms with Gasteiger partial charge in [0, 0.05) is 6.04 Å². The van der Waals surface area contributed by atoms with E-state index >= 15 is 0 Å². The zero-order valence-electron chi connectivity index (χ0n) is 17.9. The molecule has 0 saturated heterocycles. The summed E-state index contributed by atoms with van der Waals surface area (Å²) in [5, 5.41) is 5.53. The predicted molar refractivity (Wildman–Crippen MR) is 117 cm³/mol. The van der Waals surface area contributed by atoms with Crippen LogP contribution in [0.25, 0.3) is 0 Å². The maximum atomic E-state index is 12.3. The average Bonchev–Trinajstić information content (AvgIpc) is 3.56. The van der Waals surface area contributed by atoms with E-state index in [1.165, 1.54) is 0 Å². The van der Waals surface area contributed by atoms with Gasteiger partial charge in [-0.3, -0.25) is 9.59 Å². The van der Waals surface area contributed by atoms with Crippen LogP contribution in [0, 0.1) is 5.92 Å². The Kier molecular flexibility index (Phi) is 7.65. The second-order valence-electron chi connectivity index (χ2n) is 7.97. The van der Waals surface area contributed by atoms with E-state index in [0.717, 1.165) is 19.3 Å². The molecule has 0 unspecified atom stereocenters. The number of carbonyl (C=O) groups excluding carboxylic acids is 3. The fourth-order valence-electron chi connectivity index (χ4n) is 2.78. The molecular formula is C24H28N2O5. The van der Waals surface area contributed by atoms with Gasteiger partial charge in [-0.2, -0.15) is 0 Å². The minimum Gasteiger partial charge on any atom is -0.494 e. The summed E-state index contributed by atoms with van der Waals surface area (Å²) in [4.78, 5) is 36.8. The molecule has 3 rings (SSSR count). The molecule has 164 valence electrons. The number of para-hydroxylation sites is 1. The van der Waals surface area contributed by atoms with E-state index in [4.69, 9.17) is 9.47 Å². The number of amides is 2. The third-order valence-corrected chi connectivity index (χ3v) is 4.75. The second kappa shape index (κ2) is 10.6. The summed E-state index contributed by atoms with van der Waals surface area (Å²) in [6.45, 7) is 4.41. The summed E-state index contributed by atoms with van der Waals surface area (Å²) in [7, 11) is 0. The van der Waals surface area contributed by atoms with Crippen LogP contribution in [0.3, 0.4) is 0 Å². The summed E-state index contributed by atoms with van der Waals surface area (Å²) >= 11 is 0. The average molecular weight is 424 g/mol. The van der Waals surface area contributed by atoms with Crippen LogP contribution in [0.1, 0.15) is 53.8 Å². The number of nitrogens with one attached hydrogen (secondary N) is 2. The highest BCUT2D eigenvalue weighted by Gasteiger charge is 2.25. The van der Waals surface area contributed by atoms with Crippen LogP contribution in [0.4, 0.5) is 5.69 Å². The smallest absolute Gasteiger partial charge is 0.338 e. The molecule has 0 aliphatic heterocycles. The van der Waals surface area contributed by atoms with Crippen molar-refractivity contribution in [1.82, 2.24) is 5.32 Å². The van der Waals surface area contributed by atoms with Gasteiger partial charge in [-0.15, -0.1) is 0 Å². The molecule has 1 saturated carbocycles. The second-order valence-corrected chi connectivity index (χ2v) is 7.97. The van der Waals surface area contributed by atoms with Gasteiger partial charge in [0.15, 0.2) is 6.61 Å². The monoisotopic (exact) mass is 424 g/mol. The van der Waals surface area contributed by atoms with Crippen molar-refractivity contribution in [3.05, 3.63) is 59.7 Å². The van der Waals surface area contributed by atoms with E-state index in [1.54, 1.807) is 48.5 Å². The number of benzene rings is 2. The molecule has 2 N–H and O–H groups in total. The van der Waals surface area contributed by atoms with Crippen LogP contribution >= 0.6 is 0 Å². The molecule has 0 bridgehead atoms. The maximum Gasteiger partial charge on any atom is 0.338 e. The quantitative estimate of drug-likeness (QED) is 0.566. The fraction of sp³-hybridized carbons (Fsp3) is 0.375. The highest BCUT2D eigenvalue weighted by Crippen LogP contribution is 2.21. The lowest BCUT2D eigenvalue weighted by molar-refractivity contribution is -0.119. The molecule has 2 aromatic carbocycles. The molecule has 1 fully saturated rings. The summed E-state index contributed by atoms with van der Waals surface area (Å²) in [6.07, 6.45) is 2.90. The van der Waals surface area contributed by atoms with Crippen molar-refractivity contribution in [3.63, 3.8) is 0 Å². The Balaban J connectivity index is 1.48. The van der Waals surface area contributed by atoms with E-state index in [-0.39, 0.29) is 11.9 Å². The molecule has 2 amide bonds. The van der Waals surface area contributed by atoms with E-state index in [1.807, 2.05) is 0 Å². The maximum absolute atomic E-state index is 12.3. The molecule has 0 aromatic heterocycles. The third-order valence-electron chi connectivity index (χ3n) is 4.75. The van der Waals surface area contributed by atoms with Crippen molar-refractivity contribution in [3.8, 4) is 5.75 Å². The molecule has 1 aliphatic rings. The van der Waals surface area contributed by atoms with Gasteiger partial charge in [-0.05, 0) is 61.6 Å². The Morgan fingerprint density at radius 2 is 1.74 bits per heavy atom. The Morgan fingerprint density at radius 1 is 1.03 bits per heavy atom. The summed E-state index contributed by atoms with van der Waals surface area (Å²) < 4.78 is 10.7. The first kappa shape index (κ1) is 22.3. The minimum atomic E-state index is -0.608. The topological polar surface area (TPSA) is 93.7 Å². The van der Waals surface area contributed by atoms with Gasteiger partial charge in [-0.1, -0.05) is 26.0 Å². The fourth-order valence-corrected chi connectivity index (χ4v) is 2.78. The number of hydrogen-bond donors (Lipinski definition) is 2. The molecular weight excluding hydrogens is 396 g/mol. The van der Waals surface area contributed by atoms with Crippen LogP contribution in [-0.2, 0) is 9.53 Å². The molecule has 7 heteroatoms. The van der Waals surface area contributed by atoms with E-state index in [2.05, 4.69) is 24.5 Å². The lowest BCUT2D eigenvalue weighted by Crippen LogP contribution is -2.28. The van der Waals surface area contributed by atoms with Crippen LogP contribution in [0.15, 0.2) is 48.5 Å². The molecule has 0 heterocycles. The normalized spacial score (nSPS) is 12.9. The lowest BCUT2D eigenvalue weighted by Gasteiger charge is -2.11. The van der Waals surface area contributed by atoms with Gasteiger partial charge in [0.25, 0.3) is 11.8 Å². The first-order valence-corrected chi connectivity index (χ1v) is 10.5. The van der Waals surface area contributed by atoms with E-state index < -0.39 is 18.5 Å². The summed E-state index contributed by atoms with van der Waals surface area (Å²) in [5.41, 5.74) is 1.08. The molecule has 0 spiro atoms. The van der Waals surface area contributed by atoms with Crippen molar-refractivity contribution in [2.75, 3.05) is 18.5 Å². The van der Waals surface area contributed by atoms with Crippen molar-refractivity contribution in [2.45, 2.75) is 39.2 Å². The number of esters is 1.